The molecule has 2 rings (SSSR count). The molecule has 4 nitrogen and oxygen atoms in total. The summed E-state index contributed by atoms with van der Waals surface area (Å²) in [5.74, 6) is 0.182. The molecule has 1 unspecified atom stereocenters. The summed E-state index contributed by atoms with van der Waals surface area (Å²) in [6.07, 6.45) is 0. The van der Waals surface area contributed by atoms with Crippen molar-refractivity contribution in [3.63, 3.8) is 0 Å². The molecule has 0 amide bonds. The zero-order valence-electron chi connectivity index (χ0n) is 11.0. The Morgan fingerprint density at radius 2 is 1.90 bits per heavy atom. The third kappa shape index (κ3) is 3.08. The Morgan fingerprint density at radius 1 is 1.20 bits per heavy atom. The normalized spacial score (nSPS) is 12.2. The van der Waals surface area contributed by atoms with Gasteiger partial charge in [0.15, 0.2) is 5.15 Å². The van der Waals surface area contributed by atoms with E-state index in [1.54, 1.807) is 6.07 Å². The summed E-state index contributed by atoms with van der Waals surface area (Å²) in [7, 11) is 0. The third-order valence-electron chi connectivity index (χ3n) is 2.98. The van der Waals surface area contributed by atoms with E-state index in [4.69, 9.17) is 23.2 Å². The molecule has 0 spiro atoms. The van der Waals surface area contributed by atoms with Crippen LogP contribution in [0, 0.1) is 6.92 Å². The van der Waals surface area contributed by atoms with Gasteiger partial charge >= 0.3 is 0 Å². The number of hydrogen-bond donors (Lipinski definition) is 3. The molecule has 0 saturated carbocycles. The summed E-state index contributed by atoms with van der Waals surface area (Å²) >= 11 is 11.9. The number of rotatable bonds is 3. The second kappa shape index (κ2) is 5.77. The van der Waals surface area contributed by atoms with Gasteiger partial charge in [0.05, 0.1) is 11.7 Å². The Bertz CT molecular complexity index is 624. The second-order valence-corrected chi connectivity index (χ2v) is 5.28. The number of hydrogen-bond acceptors (Lipinski definition) is 4. The molecule has 0 aliphatic rings. The van der Waals surface area contributed by atoms with Crippen molar-refractivity contribution in [1.82, 2.24) is 4.98 Å². The largest absolute Gasteiger partial charge is 0.508 e. The molecule has 3 N–H and O–H groups in total. The van der Waals surface area contributed by atoms with Gasteiger partial charge < -0.3 is 15.5 Å². The maximum Gasteiger partial charge on any atom is 0.154 e. The summed E-state index contributed by atoms with van der Waals surface area (Å²) in [6, 6.07) is 5.80. The van der Waals surface area contributed by atoms with Gasteiger partial charge in [-0.3, -0.25) is 0 Å². The zero-order chi connectivity index (χ0) is 14.9. The van der Waals surface area contributed by atoms with Crippen molar-refractivity contribution in [2.24, 2.45) is 0 Å². The van der Waals surface area contributed by atoms with Crippen molar-refractivity contribution < 1.29 is 10.2 Å². The van der Waals surface area contributed by atoms with Crippen LogP contribution in [0.5, 0.6) is 11.5 Å². The monoisotopic (exact) mass is 312 g/mol. The van der Waals surface area contributed by atoms with Crippen molar-refractivity contribution in [1.29, 1.82) is 0 Å². The topological polar surface area (TPSA) is 65.4 Å². The van der Waals surface area contributed by atoms with Gasteiger partial charge in [-0.15, -0.1) is 0 Å². The van der Waals surface area contributed by atoms with Gasteiger partial charge in [0, 0.05) is 5.56 Å². The van der Waals surface area contributed by atoms with Crippen LogP contribution in [-0.4, -0.2) is 15.2 Å². The Kier molecular flexibility index (Phi) is 4.26. The molecular formula is C14H14Cl2N2O2. The molecule has 1 aromatic heterocycles. The highest BCUT2D eigenvalue weighted by molar-refractivity contribution is 6.34. The van der Waals surface area contributed by atoms with Crippen LogP contribution in [-0.2, 0) is 0 Å². The highest BCUT2D eigenvalue weighted by Crippen LogP contribution is 2.33. The van der Waals surface area contributed by atoms with Gasteiger partial charge in [-0.05, 0) is 43.7 Å². The van der Waals surface area contributed by atoms with Crippen LogP contribution in [0.2, 0.25) is 10.3 Å². The lowest BCUT2D eigenvalue weighted by molar-refractivity contribution is 0.451. The molecule has 2 aromatic rings. The van der Waals surface area contributed by atoms with Crippen LogP contribution >= 0.6 is 23.2 Å². The number of halogens is 2. The fourth-order valence-corrected chi connectivity index (χ4v) is 2.54. The quantitative estimate of drug-likeness (QED) is 0.584. The molecule has 0 radical (unpaired) electrons. The Balaban J connectivity index is 2.32. The predicted octanol–water partition coefficient (Wildman–Crippen LogP) is 4.28. The maximum absolute atomic E-state index is 9.85. The number of nitrogens with one attached hydrogen (secondary N) is 1. The van der Waals surface area contributed by atoms with E-state index < -0.39 is 0 Å². The Hall–Kier alpha value is -1.65. The average molecular weight is 313 g/mol. The predicted molar refractivity (Wildman–Crippen MR) is 80.8 cm³/mol. The maximum atomic E-state index is 9.85. The van der Waals surface area contributed by atoms with Gasteiger partial charge in [-0.1, -0.05) is 23.2 Å². The molecule has 20 heavy (non-hydrogen) atoms. The van der Waals surface area contributed by atoms with Gasteiger partial charge in [-0.2, -0.15) is 0 Å². The van der Waals surface area contributed by atoms with E-state index in [1.807, 2.05) is 13.8 Å². The van der Waals surface area contributed by atoms with Crippen molar-refractivity contribution in [3.05, 3.63) is 45.7 Å². The summed E-state index contributed by atoms with van der Waals surface area (Å²) in [6.45, 7) is 3.70. The lowest BCUT2D eigenvalue weighted by Gasteiger charge is -2.19. The van der Waals surface area contributed by atoms with Crippen molar-refractivity contribution >= 4 is 28.9 Å². The summed E-state index contributed by atoms with van der Waals surface area (Å²) in [5, 5.41) is 23.1. The van der Waals surface area contributed by atoms with E-state index in [0.717, 1.165) is 5.56 Å². The number of phenolic OH excluding ortho intramolecular Hbond substituents is 2. The summed E-state index contributed by atoms with van der Waals surface area (Å²) in [4.78, 5) is 3.98. The van der Waals surface area contributed by atoms with Gasteiger partial charge in [-0.25, -0.2) is 4.98 Å². The molecular weight excluding hydrogens is 299 g/mol. The van der Waals surface area contributed by atoms with E-state index >= 15 is 0 Å². The number of aromatic hydroxyl groups is 2. The minimum atomic E-state index is -0.263. The van der Waals surface area contributed by atoms with Crippen molar-refractivity contribution in [2.75, 3.05) is 5.32 Å². The first kappa shape index (κ1) is 14.8. The third-order valence-corrected chi connectivity index (χ3v) is 3.45. The molecule has 6 heteroatoms. The molecule has 106 valence electrons. The minimum Gasteiger partial charge on any atom is -0.508 e. The summed E-state index contributed by atoms with van der Waals surface area (Å²) in [5.41, 5.74) is 2.06. The number of pyridine rings is 1. The van der Waals surface area contributed by atoms with Gasteiger partial charge in [0.2, 0.25) is 0 Å². The van der Waals surface area contributed by atoms with Crippen molar-refractivity contribution in [3.8, 4) is 11.5 Å². The fourth-order valence-electron chi connectivity index (χ4n) is 1.95. The van der Waals surface area contributed by atoms with E-state index in [-0.39, 0.29) is 22.7 Å². The number of phenols is 2. The first-order valence-corrected chi connectivity index (χ1v) is 6.75. The number of nitrogens with zero attached hydrogens (tertiary/aromatic N) is 1. The van der Waals surface area contributed by atoms with Crippen LogP contribution in [0.15, 0.2) is 24.3 Å². The Labute approximate surface area is 127 Å². The molecule has 0 bridgehead atoms. The number of aryl methyl sites for hydroxylation is 1. The smallest absolute Gasteiger partial charge is 0.154 e. The number of benzene rings is 1. The zero-order valence-corrected chi connectivity index (χ0v) is 12.5. The number of anilines is 1. The van der Waals surface area contributed by atoms with Crippen LogP contribution in [0.25, 0.3) is 0 Å². The SMILES string of the molecule is Cc1cc(Cl)nc(Cl)c1NC(C)c1cc(O)ccc1O. The van der Waals surface area contributed by atoms with Gasteiger partial charge in [0.1, 0.15) is 16.7 Å². The van der Waals surface area contributed by atoms with Gasteiger partial charge in [0.25, 0.3) is 0 Å². The van der Waals surface area contributed by atoms with Crippen LogP contribution in [0.1, 0.15) is 24.1 Å². The molecule has 0 aliphatic heterocycles. The Morgan fingerprint density at radius 3 is 2.55 bits per heavy atom. The first-order chi connectivity index (χ1) is 9.38. The summed E-state index contributed by atoms with van der Waals surface area (Å²) < 4.78 is 0. The molecule has 1 heterocycles. The lowest BCUT2D eigenvalue weighted by Crippen LogP contribution is -2.09. The molecule has 0 aliphatic carbocycles. The molecule has 0 fully saturated rings. The van der Waals surface area contributed by atoms with E-state index in [2.05, 4.69) is 10.3 Å². The fraction of sp³-hybridized carbons (Fsp3) is 0.214. The lowest BCUT2D eigenvalue weighted by atomic mass is 10.1. The second-order valence-electron chi connectivity index (χ2n) is 4.54. The van der Waals surface area contributed by atoms with E-state index in [0.29, 0.717) is 16.4 Å². The molecule has 0 saturated heterocycles. The van der Waals surface area contributed by atoms with E-state index in [1.165, 1.54) is 18.2 Å². The van der Waals surface area contributed by atoms with E-state index in [9.17, 15) is 10.2 Å². The minimum absolute atomic E-state index is 0.0866. The van der Waals surface area contributed by atoms with Crippen molar-refractivity contribution in [2.45, 2.75) is 19.9 Å². The highest BCUT2D eigenvalue weighted by Gasteiger charge is 2.15. The van der Waals surface area contributed by atoms with Crippen LogP contribution in [0.3, 0.4) is 0 Å². The average Bonchev–Trinajstić information content (AvgIpc) is 2.36. The van der Waals surface area contributed by atoms with Crippen LogP contribution in [0.4, 0.5) is 5.69 Å². The number of aromatic nitrogens is 1. The van der Waals surface area contributed by atoms with Crippen LogP contribution < -0.4 is 5.32 Å². The molecule has 1 aromatic carbocycles. The molecule has 1 atom stereocenters. The first-order valence-electron chi connectivity index (χ1n) is 5.99. The highest BCUT2D eigenvalue weighted by atomic mass is 35.5. The standard InChI is InChI=1S/C14H14Cl2N2O2/c1-7-5-12(15)18-14(16)13(7)17-8(2)10-6-9(19)3-4-11(10)20/h3-6,8,17,19-20H,1-2H3.